The van der Waals surface area contributed by atoms with Gasteiger partial charge in [0.05, 0.1) is 11.1 Å². The monoisotopic (exact) mass is 255 g/mol. The molecule has 0 unspecified atom stereocenters. The van der Waals surface area contributed by atoms with E-state index in [0.717, 1.165) is 0 Å². The Hall–Kier alpha value is -2.82. The molecule has 2 aromatic rings. The first-order chi connectivity index (χ1) is 9.00. The van der Waals surface area contributed by atoms with Gasteiger partial charge in [-0.25, -0.2) is 0 Å². The van der Waals surface area contributed by atoms with E-state index in [1.165, 1.54) is 30.3 Å². The Kier molecular flexibility index (Phi) is 2.13. The molecule has 0 spiro atoms. The Balaban J connectivity index is 2.40. The maximum Gasteiger partial charge on any atom is 0.201 e. The van der Waals surface area contributed by atoms with Gasteiger partial charge in [0, 0.05) is 22.9 Å². The number of carbonyl (C=O) groups excluding carboxylic acids is 2. The Labute approximate surface area is 107 Å². The standard InChI is InChI=1S/C14H9NO4/c15-6-4-8-12(10(17)5-6)14(19)11-7(13(8)18)2-1-3-9(11)16/h1-5,16-17H,15H2. The van der Waals surface area contributed by atoms with Gasteiger partial charge in [0.1, 0.15) is 11.5 Å². The fourth-order valence-electron chi connectivity index (χ4n) is 2.30. The van der Waals surface area contributed by atoms with Crippen molar-refractivity contribution in [2.24, 2.45) is 0 Å². The number of nitrogen functional groups attached to an aromatic ring is 1. The molecular formula is C14H9NO4. The van der Waals surface area contributed by atoms with Crippen LogP contribution in [0.1, 0.15) is 31.8 Å². The van der Waals surface area contributed by atoms with Gasteiger partial charge in [-0.05, 0) is 12.1 Å². The summed E-state index contributed by atoms with van der Waals surface area (Å²) < 4.78 is 0. The van der Waals surface area contributed by atoms with Gasteiger partial charge in [0.2, 0.25) is 5.78 Å². The van der Waals surface area contributed by atoms with Crippen LogP contribution >= 0.6 is 0 Å². The van der Waals surface area contributed by atoms with Crippen LogP contribution in [0.2, 0.25) is 0 Å². The zero-order valence-electron chi connectivity index (χ0n) is 9.68. The minimum atomic E-state index is -0.583. The number of nitrogens with two attached hydrogens (primary N) is 1. The molecule has 1 aliphatic rings. The average Bonchev–Trinajstić information content (AvgIpc) is 2.34. The lowest BCUT2D eigenvalue weighted by Gasteiger charge is -2.19. The van der Waals surface area contributed by atoms with E-state index < -0.39 is 11.6 Å². The molecule has 2 aromatic carbocycles. The summed E-state index contributed by atoms with van der Waals surface area (Å²) in [4.78, 5) is 24.6. The highest BCUT2D eigenvalue weighted by atomic mass is 16.3. The first-order valence-corrected chi connectivity index (χ1v) is 5.54. The van der Waals surface area contributed by atoms with Gasteiger partial charge in [-0.1, -0.05) is 12.1 Å². The van der Waals surface area contributed by atoms with E-state index in [4.69, 9.17) is 5.73 Å². The Bertz CT molecular complexity index is 749. The number of fused-ring (bicyclic) bond motifs is 2. The van der Waals surface area contributed by atoms with Gasteiger partial charge in [-0.15, -0.1) is 0 Å². The second-order valence-electron chi connectivity index (χ2n) is 4.32. The number of phenolic OH excluding ortho intramolecular Hbond substituents is 2. The van der Waals surface area contributed by atoms with Crippen molar-refractivity contribution in [3.63, 3.8) is 0 Å². The second kappa shape index (κ2) is 3.58. The van der Waals surface area contributed by atoms with Crippen molar-refractivity contribution in [3.05, 3.63) is 52.6 Å². The number of hydrogen-bond donors (Lipinski definition) is 3. The molecule has 0 radical (unpaired) electrons. The van der Waals surface area contributed by atoms with E-state index in [9.17, 15) is 19.8 Å². The molecule has 0 bridgehead atoms. The number of ketones is 2. The third kappa shape index (κ3) is 1.41. The van der Waals surface area contributed by atoms with Crippen LogP contribution in [0.3, 0.4) is 0 Å². The number of rotatable bonds is 0. The van der Waals surface area contributed by atoms with Crippen LogP contribution in [-0.4, -0.2) is 21.8 Å². The van der Waals surface area contributed by atoms with E-state index >= 15 is 0 Å². The summed E-state index contributed by atoms with van der Waals surface area (Å²) in [6.07, 6.45) is 0. The van der Waals surface area contributed by atoms with Crippen molar-refractivity contribution in [1.82, 2.24) is 0 Å². The van der Waals surface area contributed by atoms with Gasteiger partial charge < -0.3 is 15.9 Å². The van der Waals surface area contributed by atoms with E-state index in [-0.39, 0.29) is 39.4 Å². The molecule has 0 aliphatic heterocycles. The lowest BCUT2D eigenvalue weighted by Crippen LogP contribution is -2.21. The highest BCUT2D eigenvalue weighted by Crippen LogP contribution is 2.37. The summed E-state index contributed by atoms with van der Waals surface area (Å²) >= 11 is 0. The third-order valence-electron chi connectivity index (χ3n) is 3.13. The zero-order valence-corrected chi connectivity index (χ0v) is 9.68. The van der Waals surface area contributed by atoms with Gasteiger partial charge in [0.15, 0.2) is 5.78 Å². The van der Waals surface area contributed by atoms with Crippen molar-refractivity contribution >= 4 is 17.3 Å². The number of carbonyl (C=O) groups is 2. The van der Waals surface area contributed by atoms with E-state index in [0.29, 0.717) is 0 Å². The topological polar surface area (TPSA) is 101 Å². The van der Waals surface area contributed by atoms with Crippen molar-refractivity contribution < 1.29 is 19.8 Å². The summed E-state index contributed by atoms with van der Waals surface area (Å²) in [5.41, 5.74) is 5.73. The molecule has 0 saturated heterocycles. The predicted octanol–water partition coefficient (Wildman–Crippen LogP) is 1.46. The average molecular weight is 255 g/mol. The maximum atomic E-state index is 12.3. The lowest BCUT2D eigenvalue weighted by atomic mass is 9.83. The minimum absolute atomic E-state index is 0.0561. The Morgan fingerprint density at radius 2 is 1.53 bits per heavy atom. The molecule has 0 saturated carbocycles. The number of phenols is 2. The molecule has 0 atom stereocenters. The number of hydrogen-bond acceptors (Lipinski definition) is 5. The zero-order chi connectivity index (χ0) is 13.7. The summed E-state index contributed by atoms with van der Waals surface area (Å²) in [5.74, 6) is -1.66. The van der Waals surface area contributed by atoms with Gasteiger partial charge in [-0.3, -0.25) is 9.59 Å². The van der Waals surface area contributed by atoms with Crippen molar-refractivity contribution in [3.8, 4) is 11.5 Å². The van der Waals surface area contributed by atoms with Crippen molar-refractivity contribution in [2.45, 2.75) is 0 Å². The number of benzene rings is 2. The summed E-state index contributed by atoms with van der Waals surface area (Å²) in [6.45, 7) is 0. The second-order valence-corrected chi connectivity index (χ2v) is 4.32. The van der Waals surface area contributed by atoms with Crippen LogP contribution in [0, 0.1) is 0 Å². The van der Waals surface area contributed by atoms with Crippen LogP contribution in [0.25, 0.3) is 0 Å². The predicted molar refractivity (Wildman–Crippen MR) is 67.5 cm³/mol. The Morgan fingerprint density at radius 3 is 2.26 bits per heavy atom. The molecule has 19 heavy (non-hydrogen) atoms. The number of anilines is 1. The summed E-state index contributed by atoms with van der Waals surface area (Å²) in [7, 11) is 0. The van der Waals surface area contributed by atoms with Crippen LogP contribution < -0.4 is 5.73 Å². The highest BCUT2D eigenvalue weighted by molar-refractivity contribution is 6.30. The molecule has 0 aromatic heterocycles. The molecule has 0 heterocycles. The van der Waals surface area contributed by atoms with E-state index in [2.05, 4.69) is 0 Å². The minimum Gasteiger partial charge on any atom is -0.507 e. The van der Waals surface area contributed by atoms with E-state index in [1.807, 2.05) is 0 Å². The molecule has 4 N–H and O–H groups in total. The SMILES string of the molecule is Nc1cc(O)c2c(c1)C(=O)c1cccc(O)c1C2=O. The first kappa shape index (κ1) is 11.3. The van der Waals surface area contributed by atoms with Gasteiger partial charge in [-0.2, -0.15) is 0 Å². The molecule has 3 rings (SSSR count). The highest BCUT2D eigenvalue weighted by Gasteiger charge is 2.34. The van der Waals surface area contributed by atoms with Crippen molar-refractivity contribution in [2.75, 3.05) is 5.73 Å². The van der Waals surface area contributed by atoms with Gasteiger partial charge >= 0.3 is 0 Å². The normalized spacial score (nSPS) is 13.1. The van der Waals surface area contributed by atoms with Crippen LogP contribution in [0.15, 0.2) is 30.3 Å². The van der Waals surface area contributed by atoms with Crippen molar-refractivity contribution in [1.29, 1.82) is 0 Å². The fraction of sp³-hybridized carbons (Fsp3) is 0. The fourth-order valence-corrected chi connectivity index (χ4v) is 2.30. The largest absolute Gasteiger partial charge is 0.507 e. The van der Waals surface area contributed by atoms with Crippen LogP contribution in [0.4, 0.5) is 5.69 Å². The van der Waals surface area contributed by atoms with Crippen LogP contribution in [0.5, 0.6) is 11.5 Å². The van der Waals surface area contributed by atoms with Crippen LogP contribution in [-0.2, 0) is 0 Å². The Morgan fingerprint density at radius 1 is 0.842 bits per heavy atom. The lowest BCUT2D eigenvalue weighted by molar-refractivity contribution is 0.0974. The maximum absolute atomic E-state index is 12.3. The summed E-state index contributed by atoms with van der Waals surface area (Å²) in [6, 6.07) is 6.82. The molecule has 1 aliphatic carbocycles. The summed E-state index contributed by atoms with van der Waals surface area (Å²) in [5, 5.41) is 19.5. The molecule has 0 fully saturated rings. The van der Waals surface area contributed by atoms with Gasteiger partial charge in [0.25, 0.3) is 0 Å². The molecule has 0 amide bonds. The molecule has 94 valence electrons. The van der Waals surface area contributed by atoms with E-state index in [1.54, 1.807) is 0 Å². The smallest absolute Gasteiger partial charge is 0.201 e. The molecule has 5 nitrogen and oxygen atoms in total. The quantitative estimate of drug-likeness (QED) is 0.528. The molecular weight excluding hydrogens is 246 g/mol. The first-order valence-electron chi connectivity index (χ1n) is 5.54. The third-order valence-corrected chi connectivity index (χ3v) is 3.13. The molecule has 5 heteroatoms. The number of aromatic hydroxyl groups is 2.